The van der Waals surface area contributed by atoms with Crippen molar-refractivity contribution in [2.45, 2.75) is 18.7 Å². The summed E-state index contributed by atoms with van der Waals surface area (Å²) in [4.78, 5) is 1.45. The lowest BCUT2D eigenvalue weighted by molar-refractivity contribution is 1.17. The van der Waals surface area contributed by atoms with E-state index in [9.17, 15) is 0 Å². The molecule has 0 saturated carbocycles. The molecule has 90 valence electrons. The van der Waals surface area contributed by atoms with Crippen molar-refractivity contribution in [3.63, 3.8) is 0 Å². The van der Waals surface area contributed by atoms with Crippen molar-refractivity contribution in [1.82, 2.24) is 0 Å². The Morgan fingerprint density at radius 3 is 2.59 bits per heavy atom. The van der Waals surface area contributed by atoms with Gasteiger partial charge in [0.05, 0.1) is 9.16 Å². The van der Waals surface area contributed by atoms with E-state index in [1.807, 2.05) is 6.92 Å². The zero-order chi connectivity index (χ0) is 12.6. The van der Waals surface area contributed by atoms with Crippen LogP contribution < -0.4 is 0 Å². The fourth-order valence-electron chi connectivity index (χ4n) is 1.66. The highest BCUT2D eigenvalue weighted by molar-refractivity contribution is 9.10. The molecule has 4 heteroatoms. The first-order valence-electron chi connectivity index (χ1n) is 5.15. The molecule has 0 radical (unpaired) electrons. The molecule has 2 aromatic rings. The summed E-state index contributed by atoms with van der Waals surface area (Å²) in [7, 11) is 0. The molecule has 17 heavy (non-hydrogen) atoms. The molecular formula is C13H11Br2ClS. The van der Waals surface area contributed by atoms with E-state index in [4.69, 9.17) is 11.6 Å². The van der Waals surface area contributed by atoms with E-state index in [0.717, 1.165) is 14.4 Å². The topological polar surface area (TPSA) is 0 Å². The third kappa shape index (κ3) is 2.78. The molecule has 1 aromatic carbocycles. The van der Waals surface area contributed by atoms with Crippen LogP contribution >= 0.6 is 54.8 Å². The quantitative estimate of drug-likeness (QED) is 0.527. The van der Waals surface area contributed by atoms with E-state index < -0.39 is 0 Å². The van der Waals surface area contributed by atoms with Gasteiger partial charge in [0.2, 0.25) is 0 Å². The minimum absolute atomic E-state index is 0.205. The van der Waals surface area contributed by atoms with Crippen LogP contribution in [0.15, 0.2) is 28.7 Å². The molecule has 2 rings (SSSR count). The van der Waals surface area contributed by atoms with Crippen LogP contribution in [0, 0.1) is 13.8 Å². The van der Waals surface area contributed by atoms with Gasteiger partial charge in [-0.25, -0.2) is 0 Å². The number of benzene rings is 1. The lowest BCUT2D eigenvalue weighted by atomic mass is 10.0. The number of halogens is 3. The number of thiophene rings is 1. The summed E-state index contributed by atoms with van der Waals surface area (Å²) in [6.07, 6.45) is 0. The average molecular weight is 395 g/mol. The average Bonchev–Trinajstić information content (AvgIpc) is 2.62. The Labute approximate surface area is 127 Å². The minimum atomic E-state index is 0.205. The molecule has 0 spiro atoms. The first kappa shape index (κ1) is 13.6. The molecule has 1 aromatic heterocycles. The van der Waals surface area contributed by atoms with Gasteiger partial charge >= 0.3 is 0 Å². The normalized spacial score (nSPS) is 12.8. The van der Waals surface area contributed by atoms with Crippen molar-refractivity contribution in [2.24, 2.45) is 0 Å². The molecule has 0 amide bonds. The van der Waals surface area contributed by atoms with Gasteiger partial charge in [0.1, 0.15) is 0 Å². The molecule has 0 N–H and O–H groups in total. The molecule has 0 saturated heterocycles. The van der Waals surface area contributed by atoms with E-state index in [1.165, 1.54) is 16.0 Å². The third-order valence-electron chi connectivity index (χ3n) is 2.71. The van der Waals surface area contributed by atoms with Crippen molar-refractivity contribution in [1.29, 1.82) is 0 Å². The molecule has 1 heterocycles. The molecule has 0 aliphatic heterocycles. The number of hydrogen-bond acceptors (Lipinski definition) is 1. The molecule has 0 bridgehead atoms. The lowest BCUT2D eigenvalue weighted by Gasteiger charge is -2.12. The number of aryl methyl sites for hydroxylation is 1. The second kappa shape index (κ2) is 5.43. The highest BCUT2D eigenvalue weighted by Gasteiger charge is 2.17. The molecule has 0 aliphatic rings. The van der Waals surface area contributed by atoms with Crippen LogP contribution in [0.2, 0.25) is 4.34 Å². The summed E-state index contributed by atoms with van der Waals surface area (Å²) >= 11 is 15.1. The fourth-order valence-corrected chi connectivity index (χ4v) is 4.17. The van der Waals surface area contributed by atoms with Crippen molar-refractivity contribution in [3.8, 4) is 0 Å². The SMILES string of the molecule is Cc1cc(C(Br)c2cccc(Br)c2C)sc1Cl. The van der Waals surface area contributed by atoms with E-state index >= 15 is 0 Å². The molecule has 1 unspecified atom stereocenters. The third-order valence-corrected chi connectivity index (χ3v) is 6.48. The Balaban J connectivity index is 2.43. The van der Waals surface area contributed by atoms with Crippen LogP contribution in [0.3, 0.4) is 0 Å². The van der Waals surface area contributed by atoms with Gasteiger partial charge < -0.3 is 0 Å². The predicted molar refractivity (Wildman–Crippen MR) is 83.7 cm³/mol. The van der Waals surface area contributed by atoms with Gasteiger partial charge in [-0.3, -0.25) is 0 Å². The van der Waals surface area contributed by atoms with Gasteiger partial charge in [-0.2, -0.15) is 0 Å². The Kier molecular flexibility index (Phi) is 4.35. The van der Waals surface area contributed by atoms with E-state index in [1.54, 1.807) is 11.3 Å². The first-order chi connectivity index (χ1) is 8.00. The highest BCUT2D eigenvalue weighted by Crippen LogP contribution is 2.40. The fraction of sp³-hybridized carbons (Fsp3) is 0.231. The van der Waals surface area contributed by atoms with Crippen molar-refractivity contribution >= 4 is 54.8 Å². The van der Waals surface area contributed by atoms with Crippen LogP contribution in [0.25, 0.3) is 0 Å². The number of alkyl halides is 1. The van der Waals surface area contributed by atoms with E-state index in [-0.39, 0.29) is 4.83 Å². The monoisotopic (exact) mass is 392 g/mol. The molecular weight excluding hydrogens is 383 g/mol. The smallest absolute Gasteiger partial charge is 0.0960 e. The Hall–Kier alpha value is 0.170. The largest absolute Gasteiger partial charge is 0.127 e. The Morgan fingerprint density at radius 2 is 2.00 bits per heavy atom. The van der Waals surface area contributed by atoms with Crippen molar-refractivity contribution in [3.05, 3.63) is 54.6 Å². The summed E-state index contributed by atoms with van der Waals surface area (Å²) in [5.41, 5.74) is 3.68. The van der Waals surface area contributed by atoms with E-state index in [2.05, 4.69) is 63.0 Å². The van der Waals surface area contributed by atoms with E-state index in [0.29, 0.717) is 0 Å². The standard InChI is InChI=1S/C13H11Br2ClS/c1-7-6-11(17-13(7)16)12(15)9-4-3-5-10(14)8(9)2/h3-6,12H,1-2H3. The highest BCUT2D eigenvalue weighted by atomic mass is 79.9. The van der Waals surface area contributed by atoms with Crippen LogP contribution in [0.4, 0.5) is 0 Å². The maximum atomic E-state index is 6.12. The first-order valence-corrected chi connectivity index (χ1v) is 8.06. The minimum Gasteiger partial charge on any atom is -0.127 e. The summed E-state index contributed by atoms with van der Waals surface area (Å²) < 4.78 is 2.01. The summed E-state index contributed by atoms with van der Waals surface area (Å²) in [5.74, 6) is 0. The second-order valence-electron chi connectivity index (χ2n) is 3.92. The predicted octanol–water partition coefficient (Wildman–Crippen LogP) is 6.27. The van der Waals surface area contributed by atoms with Gasteiger partial charge in [0.25, 0.3) is 0 Å². The van der Waals surface area contributed by atoms with Gasteiger partial charge in [-0.05, 0) is 42.7 Å². The zero-order valence-electron chi connectivity index (χ0n) is 9.43. The van der Waals surface area contributed by atoms with Crippen molar-refractivity contribution < 1.29 is 0 Å². The maximum absolute atomic E-state index is 6.12. The molecule has 0 fully saturated rings. The number of hydrogen-bond donors (Lipinski definition) is 0. The molecule has 1 atom stereocenters. The number of rotatable bonds is 2. The van der Waals surface area contributed by atoms with Crippen molar-refractivity contribution in [2.75, 3.05) is 0 Å². The van der Waals surface area contributed by atoms with Crippen LogP contribution in [0.1, 0.15) is 26.4 Å². The Morgan fingerprint density at radius 1 is 1.29 bits per heavy atom. The summed E-state index contributed by atoms with van der Waals surface area (Å²) in [5, 5.41) is 0. The zero-order valence-corrected chi connectivity index (χ0v) is 14.2. The molecule has 0 nitrogen and oxygen atoms in total. The summed E-state index contributed by atoms with van der Waals surface area (Å²) in [6, 6.07) is 8.41. The van der Waals surface area contributed by atoms with Gasteiger partial charge in [-0.15, -0.1) is 11.3 Å². The Bertz CT molecular complexity index is 529. The second-order valence-corrected chi connectivity index (χ2v) is 7.38. The van der Waals surface area contributed by atoms with Crippen LogP contribution in [-0.4, -0.2) is 0 Å². The van der Waals surface area contributed by atoms with Gasteiger partial charge in [0, 0.05) is 9.35 Å². The van der Waals surface area contributed by atoms with Gasteiger partial charge in [-0.1, -0.05) is 55.6 Å². The van der Waals surface area contributed by atoms with Crippen LogP contribution in [-0.2, 0) is 0 Å². The lowest BCUT2D eigenvalue weighted by Crippen LogP contribution is -1.94. The van der Waals surface area contributed by atoms with Gasteiger partial charge in [0.15, 0.2) is 0 Å². The summed E-state index contributed by atoms with van der Waals surface area (Å²) in [6.45, 7) is 4.16. The maximum Gasteiger partial charge on any atom is 0.0960 e. The molecule has 0 aliphatic carbocycles. The van der Waals surface area contributed by atoms with Crippen LogP contribution in [0.5, 0.6) is 0 Å².